The van der Waals surface area contributed by atoms with Crippen molar-refractivity contribution in [2.24, 2.45) is 0 Å². The number of thiazole rings is 1. The Hall–Kier alpha value is -3.84. The van der Waals surface area contributed by atoms with Gasteiger partial charge in [0.25, 0.3) is 5.91 Å². The summed E-state index contributed by atoms with van der Waals surface area (Å²) in [6.07, 6.45) is 5.07. The summed E-state index contributed by atoms with van der Waals surface area (Å²) < 4.78 is 5.47. The molecule has 5 rings (SSSR count). The molecule has 0 radical (unpaired) electrons. The van der Waals surface area contributed by atoms with Gasteiger partial charge in [0.2, 0.25) is 0 Å². The van der Waals surface area contributed by atoms with Crippen LogP contribution in [0.5, 0.6) is 0 Å². The number of carbonyl (C=O) groups excluding carboxylic acids is 1. The van der Waals surface area contributed by atoms with E-state index in [1.54, 1.807) is 30.8 Å². The Morgan fingerprint density at radius 1 is 1.00 bits per heavy atom. The lowest BCUT2D eigenvalue weighted by Crippen LogP contribution is -2.23. The molecule has 146 valence electrons. The Balaban J connectivity index is 1.41. The van der Waals surface area contributed by atoms with Crippen LogP contribution in [-0.2, 0) is 6.54 Å². The van der Waals surface area contributed by atoms with Gasteiger partial charge in [-0.3, -0.25) is 9.78 Å². The summed E-state index contributed by atoms with van der Waals surface area (Å²) >= 11 is 1.51. The summed E-state index contributed by atoms with van der Waals surface area (Å²) in [6.45, 7) is 0.349. The summed E-state index contributed by atoms with van der Waals surface area (Å²) in [4.78, 5) is 26.3. The number of amides is 1. The van der Waals surface area contributed by atoms with Crippen molar-refractivity contribution in [3.63, 3.8) is 0 Å². The molecule has 0 saturated carbocycles. The highest BCUT2D eigenvalue weighted by Gasteiger charge is 2.15. The van der Waals surface area contributed by atoms with Gasteiger partial charge in [0.15, 0.2) is 5.76 Å². The molecule has 4 heterocycles. The normalized spacial score (nSPS) is 10.9. The van der Waals surface area contributed by atoms with E-state index in [1.165, 1.54) is 11.3 Å². The fraction of sp³-hybridized carbons (Fsp3) is 0.0435. The van der Waals surface area contributed by atoms with E-state index >= 15 is 0 Å². The number of rotatable bonds is 5. The average molecular weight is 412 g/mol. The number of para-hydroxylation sites is 1. The quantitative estimate of drug-likeness (QED) is 0.442. The van der Waals surface area contributed by atoms with E-state index < -0.39 is 0 Å². The third-order valence-electron chi connectivity index (χ3n) is 4.66. The molecule has 0 bridgehead atoms. The van der Waals surface area contributed by atoms with Crippen LogP contribution in [0.15, 0.2) is 83.1 Å². The van der Waals surface area contributed by atoms with E-state index in [9.17, 15) is 4.79 Å². The minimum Gasteiger partial charge on any atom is -0.463 e. The van der Waals surface area contributed by atoms with Crippen LogP contribution < -0.4 is 5.32 Å². The average Bonchev–Trinajstić information content (AvgIpc) is 3.50. The zero-order chi connectivity index (χ0) is 20.3. The first kappa shape index (κ1) is 18.2. The Morgan fingerprint density at radius 3 is 2.70 bits per heavy atom. The smallest absolute Gasteiger partial charge is 0.252 e. The van der Waals surface area contributed by atoms with Crippen molar-refractivity contribution < 1.29 is 9.21 Å². The van der Waals surface area contributed by atoms with Crippen molar-refractivity contribution in [2.75, 3.05) is 0 Å². The van der Waals surface area contributed by atoms with E-state index in [1.807, 2.05) is 47.8 Å². The Labute approximate surface area is 176 Å². The van der Waals surface area contributed by atoms with E-state index in [-0.39, 0.29) is 5.91 Å². The number of fused-ring (bicyclic) bond motifs is 1. The standard InChI is InChI=1S/C23H16N4O2S/c28-23(25-13-22-27-20(14-30-22)15-7-9-24-10-8-15)17-12-19(21-6-3-11-29-21)26-18-5-2-1-4-16(17)18/h1-12,14H,13H2,(H,25,28). The molecule has 1 amide bonds. The number of hydrogen-bond acceptors (Lipinski definition) is 6. The summed E-state index contributed by atoms with van der Waals surface area (Å²) in [5, 5.41) is 6.59. The van der Waals surface area contributed by atoms with Crippen molar-refractivity contribution in [3.8, 4) is 22.7 Å². The molecule has 0 unspecified atom stereocenters. The number of pyridine rings is 2. The maximum atomic E-state index is 13.0. The van der Waals surface area contributed by atoms with Crippen molar-refractivity contribution >= 4 is 28.1 Å². The number of benzene rings is 1. The lowest BCUT2D eigenvalue weighted by atomic mass is 10.1. The fourth-order valence-electron chi connectivity index (χ4n) is 3.21. The van der Waals surface area contributed by atoms with Gasteiger partial charge in [0.1, 0.15) is 10.7 Å². The maximum absolute atomic E-state index is 13.0. The molecule has 1 aromatic carbocycles. The highest BCUT2D eigenvalue weighted by molar-refractivity contribution is 7.09. The van der Waals surface area contributed by atoms with Gasteiger partial charge in [-0.2, -0.15) is 0 Å². The Morgan fingerprint density at radius 2 is 1.87 bits per heavy atom. The van der Waals surface area contributed by atoms with Crippen molar-refractivity contribution in [1.29, 1.82) is 0 Å². The SMILES string of the molecule is O=C(NCc1nc(-c2ccncc2)cs1)c1cc(-c2ccco2)nc2ccccc12. The van der Waals surface area contributed by atoms with E-state index in [2.05, 4.69) is 20.3 Å². The van der Waals surface area contributed by atoms with E-state index in [4.69, 9.17) is 4.42 Å². The zero-order valence-electron chi connectivity index (χ0n) is 15.8. The van der Waals surface area contributed by atoms with Crippen LogP contribution in [-0.4, -0.2) is 20.9 Å². The molecule has 0 aliphatic heterocycles. The lowest BCUT2D eigenvalue weighted by molar-refractivity contribution is 0.0952. The first-order valence-electron chi connectivity index (χ1n) is 9.34. The molecule has 7 heteroatoms. The highest BCUT2D eigenvalue weighted by atomic mass is 32.1. The van der Waals surface area contributed by atoms with Crippen LogP contribution in [0, 0.1) is 0 Å². The summed E-state index contributed by atoms with van der Waals surface area (Å²) in [6, 6.07) is 16.8. The van der Waals surface area contributed by atoms with Crippen molar-refractivity contribution in [3.05, 3.63) is 89.2 Å². The van der Waals surface area contributed by atoms with Crippen molar-refractivity contribution in [2.45, 2.75) is 6.54 Å². The molecule has 5 aromatic rings. The van der Waals surface area contributed by atoms with Gasteiger partial charge < -0.3 is 9.73 Å². The minimum atomic E-state index is -0.179. The topological polar surface area (TPSA) is 80.9 Å². The fourth-order valence-corrected chi connectivity index (χ4v) is 3.96. The molecule has 0 spiro atoms. The molecule has 0 aliphatic carbocycles. The second-order valence-corrected chi connectivity index (χ2v) is 7.54. The van der Waals surface area contributed by atoms with Gasteiger partial charge in [-0.25, -0.2) is 9.97 Å². The van der Waals surface area contributed by atoms with Crippen LogP contribution in [0.2, 0.25) is 0 Å². The molecular weight excluding hydrogens is 396 g/mol. The lowest BCUT2D eigenvalue weighted by Gasteiger charge is -2.09. The molecule has 1 N–H and O–H groups in total. The number of furan rings is 1. The highest BCUT2D eigenvalue weighted by Crippen LogP contribution is 2.25. The first-order valence-corrected chi connectivity index (χ1v) is 10.2. The summed E-state index contributed by atoms with van der Waals surface area (Å²) in [7, 11) is 0. The van der Waals surface area contributed by atoms with Gasteiger partial charge in [-0.1, -0.05) is 18.2 Å². The summed E-state index contributed by atoms with van der Waals surface area (Å²) in [5.41, 5.74) is 3.80. The van der Waals surface area contributed by atoms with Gasteiger partial charge in [0.05, 0.1) is 29.6 Å². The van der Waals surface area contributed by atoms with E-state index in [0.717, 1.165) is 27.2 Å². The Bertz CT molecular complexity index is 1310. The number of aromatic nitrogens is 3. The van der Waals surface area contributed by atoms with Gasteiger partial charge in [-0.15, -0.1) is 11.3 Å². The number of nitrogens with zero attached hydrogens (tertiary/aromatic N) is 3. The monoisotopic (exact) mass is 412 g/mol. The second-order valence-electron chi connectivity index (χ2n) is 6.59. The largest absolute Gasteiger partial charge is 0.463 e. The predicted molar refractivity (Wildman–Crippen MR) is 116 cm³/mol. The predicted octanol–water partition coefficient (Wildman–Crippen LogP) is 4.94. The molecule has 0 fully saturated rings. The number of hydrogen-bond donors (Lipinski definition) is 1. The van der Waals surface area contributed by atoms with E-state index in [0.29, 0.717) is 23.6 Å². The number of carbonyl (C=O) groups is 1. The van der Waals surface area contributed by atoms with Crippen LogP contribution in [0.4, 0.5) is 0 Å². The third kappa shape index (κ3) is 3.58. The molecule has 30 heavy (non-hydrogen) atoms. The number of nitrogens with one attached hydrogen (secondary N) is 1. The second kappa shape index (κ2) is 7.88. The minimum absolute atomic E-state index is 0.179. The van der Waals surface area contributed by atoms with Crippen molar-refractivity contribution in [1.82, 2.24) is 20.3 Å². The molecule has 6 nitrogen and oxygen atoms in total. The molecule has 0 atom stereocenters. The van der Waals surface area contributed by atoms with Crippen LogP contribution in [0.3, 0.4) is 0 Å². The van der Waals surface area contributed by atoms with Gasteiger partial charge in [-0.05, 0) is 36.4 Å². The van der Waals surface area contributed by atoms with Crippen LogP contribution in [0.1, 0.15) is 15.4 Å². The third-order valence-corrected chi connectivity index (χ3v) is 5.51. The zero-order valence-corrected chi connectivity index (χ0v) is 16.6. The summed E-state index contributed by atoms with van der Waals surface area (Å²) in [5.74, 6) is 0.443. The molecule has 0 aliphatic rings. The molecule has 0 saturated heterocycles. The van der Waals surface area contributed by atoms with Crippen LogP contribution >= 0.6 is 11.3 Å². The molecular formula is C23H16N4O2S. The first-order chi connectivity index (χ1) is 14.8. The van der Waals surface area contributed by atoms with Gasteiger partial charge >= 0.3 is 0 Å². The Kier molecular flexibility index (Phi) is 4.78. The van der Waals surface area contributed by atoms with Gasteiger partial charge in [0, 0.05) is 28.7 Å². The van der Waals surface area contributed by atoms with Crippen LogP contribution in [0.25, 0.3) is 33.6 Å². The maximum Gasteiger partial charge on any atom is 0.252 e. The molecule has 4 aromatic heterocycles.